The van der Waals surface area contributed by atoms with Gasteiger partial charge in [0.05, 0.1) is 12.7 Å². The van der Waals surface area contributed by atoms with Crippen LogP contribution >= 0.6 is 0 Å². The molecule has 2 nitrogen and oxygen atoms in total. The first kappa shape index (κ1) is 9.92. The van der Waals surface area contributed by atoms with Crippen molar-refractivity contribution in [1.82, 2.24) is 0 Å². The molecule has 0 saturated carbocycles. The van der Waals surface area contributed by atoms with Crippen LogP contribution in [0, 0.1) is 5.92 Å². The minimum atomic E-state index is -0.00116. The third kappa shape index (κ3) is 6.05. The Kier molecular flexibility index (Phi) is 5.64. The van der Waals surface area contributed by atoms with Gasteiger partial charge in [0, 0.05) is 6.61 Å². The Labute approximate surface area is 63.2 Å². The Morgan fingerprint density at radius 3 is 2.30 bits per heavy atom. The van der Waals surface area contributed by atoms with Gasteiger partial charge in [0.1, 0.15) is 0 Å². The Morgan fingerprint density at radius 1 is 1.30 bits per heavy atom. The van der Waals surface area contributed by atoms with E-state index >= 15 is 0 Å². The first-order valence-corrected chi connectivity index (χ1v) is 3.89. The van der Waals surface area contributed by atoms with Crippen molar-refractivity contribution in [3.05, 3.63) is 0 Å². The van der Waals surface area contributed by atoms with E-state index in [0.29, 0.717) is 5.92 Å². The third-order valence-electron chi connectivity index (χ3n) is 1.35. The van der Waals surface area contributed by atoms with Crippen LogP contribution in [-0.2, 0) is 4.74 Å². The predicted molar refractivity (Wildman–Crippen MR) is 42.0 cm³/mol. The zero-order valence-electron chi connectivity index (χ0n) is 7.13. The van der Waals surface area contributed by atoms with E-state index in [2.05, 4.69) is 13.8 Å². The highest BCUT2D eigenvalue weighted by Crippen LogP contribution is 2.00. The number of aliphatic hydroxyl groups excluding tert-OH is 1. The zero-order valence-corrected chi connectivity index (χ0v) is 7.13. The summed E-state index contributed by atoms with van der Waals surface area (Å²) in [4.78, 5) is 0. The van der Waals surface area contributed by atoms with Gasteiger partial charge < -0.3 is 9.84 Å². The summed E-state index contributed by atoms with van der Waals surface area (Å²) in [6.45, 7) is 7.08. The van der Waals surface area contributed by atoms with Crippen molar-refractivity contribution < 1.29 is 9.84 Å². The molecule has 0 rings (SSSR count). The average molecular weight is 146 g/mol. The molecule has 0 bridgehead atoms. The summed E-state index contributed by atoms with van der Waals surface area (Å²) < 4.78 is 5.25. The smallest absolute Gasteiger partial charge is 0.0777 e. The monoisotopic (exact) mass is 146 g/mol. The predicted octanol–water partition coefficient (Wildman–Crippen LogP) is 1.43. The van der Waals surface area contributed by atoms with Crippen molar-refractivity contribution in [2.45, 2.75) is 33.3 Å². The van der Waals surface area contributed by atoms with Crippen molar-refractivity contribution in [1.29, 1.82) is 0 Å². The van der Waals surface area contributed by atoms with Crippen LogP contribution in [0.5, 0.6) is 0 Å². The molecule has 10 heavy (non-hydrogen) atoms. The first-order chi connectivity index (χ1) is 4.66. The molecule has 0 amide bonds. The number of hydrogen-bond acceptors (Lipinski definition) is 2. The highest BCUT2D eigenvalue weighted by Gasteiger charge is 1.99. The quantitative estimate of drug-likeness (QED) is 0.635. The summed E-state index contributed by atoms with van der Waals surface area (Å²) in [5.41, 5.74) is 0. The molecule has 0 aliphatic carbocycles. The van der Waals surface area contributed by atoms with Crippen LogP contribution in [0.4, 0.5) is 0 Å². The van der Waals surface area contributed by atoms with Crippen LogP contribution in [0.2, 0.25) is 0 Å². The van der Waals surface area contributed by atoms with Crippen LogP contribution in [0.1, 0.15) is 27.2 Å². The van der Waals surface area contributed by atoms with Crippen molar-refractivity contribution in [2.24, 2.45) is 5.92 Å². The van der Waals surface area contributed by atoms with Crippen LogP contribution in [-0.4, -0.2) is 24.4 Å². The van der Waals surface area contributed by atoms with E-state index in [1.165, 1.54) is 0 Å². The molecule has 0 fully saturated rings. The Balaban J connectivity index is 3.03. The highest BCUT2D eigenvalue weighted by atomic mass is 16.5. The lowest BCUT2D eigenvalue weighted by atomic mass is 10.1. The van der Waals surface area contributed by atoms with Gasteiger partial charge in [-0.3, -0.25) is 0 Å². The topological polar surface area (TPSA) is 29.5 Å². The Bertz CT molecular complexity index is 71.7. The first-order valence-electron chi connectivity index (χ1n) is 3.89. The molecule has 0 aromatic carbocycles. The molecule has 0 aromatic rings. The van der Waals surface area contributed by atoms with Crippen molar-refractivity contribution in [2.75, 3.05) is 13.2 Å². The Morgan fingerprint density at radius 2 is 1.90 bits per heavy atom. The van der Waals surface area contributed by atoms with Gasteiger partial charge in [-0.2, -0.15) is 0 Å². The SMILES string of the molecule is CC(C)CCO[C@@H](C)CO. The second-order valence-corrected chi connectivity index (χ2v) is 3.05. The average Bonchev–Trinajstić information content (AvgIpc) is 1.87. The van der Waals surface area contributed by atoms with E-state index in [-0.39, 0.29) is 12.7 Å². The van der Waals surface area contributed by atoms with Gasteiger partial charge in [-0.1, -0.05) is 13.8 Å². The van der Waals surface area contributed by atoms with E-state index in [0.717, 1.165) is 13.0 Å². The molecular weight excluding hydrogens is 128 g/mol. The highest BCUT2D eigenvalue weighted by molar-refractivity contribution is 4.47. The molecule has 0 aromatic heterocycles. The fraction of sp³-hybridized carbons (Fsp3) is 1.00. The summed E-state index contributed by atoms with van der Waals surface area (Å²) in [6, 6.07) is 0. The van der Waals surface area contributed by atoms with Gasteiger partial charge in [0.2, 0.25) is 0 Å². The summed E-state index contributed by atoms with van der Waals surface area (Å²) in [7, 11) is 0. The van der Waals surface area contributed by atoms with E-state index < -0.39 is 0 Å². The number of aliphatic hydroxyl groups is 1. The van der Waals surface area contributed by atoms with Crippen molar-refractivity contribution in [3.8, 4) is 0 Å². The van der Waals surface area contributed by atoms with Crippen LogP contribution in [0.15, 0.2) is 0 Å². The van der Waals surface area contributed by atoms with Gasteiger partial charge in [-0.15, -0.1) is 0 Å². The summed E-state index contributed by atoms with van der Waals surface area (Å²) in [5, 5.41) is 8.58. The molecule has 0 unspecified atom stereocenters. The normalized spacial score (nSPS) is 14.1. The molecule has 0 aliphatic rings. The van der Waals surface area contributed by atoms with Crippen molar-refractivity contribution in [3.63, 3.8) is 0 Å². The van der Waals surface area contributed by atoms with Crippen LogP contribution in [0.25, 0.3) is 0 Å². The minimum Gasteiger partial charge on any atom is -0.394 e. The lowest BCUT2D eigenvalue weighted by Crippen LogP contribution is -2.14. The third-order valence-corrected chi connectivity index (χ3v) is 1.35. The van der Waals surface area contributed by atoms with E-state index in [1.54, 1.807) is 0 Å². The fourth-order valence-electron chi connectivity index (χ4n) is 0.558. The second kappa shape index (κ2) is 5.69. The lowest BCUT2D eigenvalue weighted by molar-refractivity contribution is 0.0201. The molecule has 1 atom stereocenters. The molecule has 0 radical (unpaired) electrons. The molecule has 2 heteroatoms. The van der Waals surface area contributed by atoms with Crippen LogP contribution < -0.4 is 0 Å². The number of rotatable bonds is 5. The van der Waals surface area contributed by atoms with E-state index in [1.807, 2.05) is 6.92 Å². The Hall–Kier alpha value is -0.0800. The molecule has 0 heterocycles. The van der Waals surface area contributed by atoms with Gasteiger partial charge in [-0.05, 0) is 19.3 Å². The molecule has 1 N–H and O–H groups in total. The van der Waals surface area contributed by atoms with Gasteiger partial charge >= 0.3 is 0 Å². The molecule has 0 aliphatic heterocycles. The lowest BCUT2D eigenvalue weighted by Gasteiger charge is -2.10. The largest absolute Gasteiger partial charge is 0.394 e. The minimum absolute atomic E-state index is 0.00116. The standard InChI is InChI=1S/C8H18O2/c1-7(2)4-5-10-8(3)6-9/h7-9H,4-6H2,1-3H3/t8-/m0/s1. The van der Waals surface area contributed by atoms with E-state index in [9.17, 15) is 0 Å². The molecular formula is C8H18O2. The maximum atomic E-state index is 8.58. The summed E-state index contributed by atoms with van der Waals surface area (Å²) >= 11 is 0. The number of ether oxygens (including phenoxy) is 1. The maximum absolute atomic E-state index is 8.58. The van der Waals surface area contributed by atoms with E-state index in [4.69, 9.17) is 9.84 Å². The molecule has 0 spiro atoms. The molecule has 62 valence electrons. The van der Waals surface area contributed by atoms with Gasteiger partial charge in [0.25, 0.3) is 0 Å². The van der Waals surface area contributed by atoms with Gasteiger partial charge in [0.15, 0.2) is 0 Å². The zero-order chi connectivity index (χ0) is 7.98. The van der Waals surface area contributed by atoms with Crippen LogP contribution in [0.3, 0.4) is 0 Å². The van der Waals surface area contributed by atoms with Crippen molar-refractivity contribution >= 4 is 0 Å². The summed E-state index contributed by atoms with van der Waals surface area (Å²) in [6.07, 6.45) is 1.07. The van der Waals surface area contributed by atoms with Gasteiger partial charge in [-0.25, -0.2) is 0 Å². The molecule has 0 saturated heterocycles. The number of hydrogen-bond donors (Lipinski definition) is 1. The second-order valence-electron chi connectivity index (χ2n) is 3.05. The summed E-state index contributed by atoms with van der Waals surface area (Å²) in [5.74, 6) is 0.686. The fourth-order valence-corrected chi connectivity index (χ4v) is 0.558. The maximum Gasteiger partial charge on any atom is 0.0777 e.